The van der Waals surface area contributed by atoms with Crippen LogP contribution >= 0.6 is 0 Å². The predicted molar refractivity (Wildman–Crippen MR) is 59.3 cm³/mol. The van der Waals surface area contributed by atoms with E-state index in [9.17, 15) is 19.2 Å². The minimum atomic E-state index is -0.914. The molecule has 6 nitrogen and oxygen atoms in total. The van der Waals surface area contributed by atoms with Gasteiger partial charge in [0.1, 0.15) is 31.5 Å². The van der Waals surface area contributed by atoms with Gasteiger partial charge in [0.2, 0.25) is 0 Å². The van der Waals surface area contributed by atoms with Gasteiger partial charge in [0.05, 0.1) is 13.1 Å². The zero-order valence-electron chi connectivity index (χ0n) is 9.41. The van der Waals surface area contributed by atoms with E-state index in [1.54, 1.807) is 0 Å². The maximum atomic E-state index is 11.6. The number of hydrogen-bond acceptors (Lipinski definition) is 6. The summed E-state index contributed by atoms with van der Waals surface area (Å²) in [7, 11) is 0. The second-order valence-corrected chi connectivity index (χ2v) is 3.12. The lowest BCUT2D eigenvalue weighted by Crippen LogP contribution is -2.44. The van der Waals surface area contributed by atoms with Crippen molar-refractivity contribution in [2.45, 2.75) is 12.5 Å². The van der Waals surface area contributed by atoms with E-state index >= 15 is 0 Å². The number of esters is 1. The number of ether oxygens (including phenoxy) is 1. The third-order valence-electron chi connectivity index (χ3n) is 1.99. The molecule has 0 radical (unpaired) electrons. The number of carbonyl (C=O) groups excluding carboxylic acids is 4. The molecule has 0 aromatic carbocycles. The zero-order valence-corrected chi connectivity index (χ0v) is 9.41. The molecule has 6 heteroatoms. The van der Waals surface area contributed by atoms with Crippen molar-refractivity contribution in [3.05, 3.63) is 12.7 Å². The largest absolute Gasteiger partial charge is 0.460 e. The van der Waals surface area contributed by atoms with E-state index in [0.29, 0.717) is 18.9 Å². The summed E-state index contributed by atoms with van der Waals surface area (Å²) in [6.07, 6.45) is 2.92. The highest BCUT2D eigenvalue weighted by Crippen LogP contribution is 2.04. The van der Waals surface area contributed by atoms with Gasteiger partial charge in [0.15, 0.2) is 0 Å². The van der Waals surface area contributed by atoms with Gasteiger partial charge in [-0.05, 0) is 0 Å². The SMILES string of the molecule is C=CCOC(=O)C(CC=O)N(CC=O)CC=O. The van der Waals surface area contributed by atoms with Gasteiger partial charge in [-0.15, -0.1) is 0 Å². The Morgan fingerprint density at radius 1 is 1.18 bits per heavy atom. The van der Waals surface area contributed by atoms with Gasteiger partial charge in [-0.1, -0.05) is 12.7 Å². The summed E-state index contributed by atoms with van der Waals surface area (Å²) < 4.78 is 4.79. The second-order valence-electron chi connectivity index (χ2n) is 3.12. The Morgan fingerprint density at radius 3 is 2.18 bits per heavy atom. The lowest BCUT2D eigenvalue weighted by Gasteiger charge is -2.24. The molecule has 17 heavy (non-hydrogen) atoms. The van der Waals surface area contributed by atoms with Crippen LogP contribution in [0.25, 0.3) is 0 Å². The molecule has 0 fully saturated rings. The molecule has 0 saturated heterocycles. The van der Waals surface area contributed by atoms with Crippen molar-refractivity contribution in [2.75, 3.05) is 19.7 Å². The first-order chi connectivity index (χ1) is 8.21. The minimum Gasteiger partial charge on any atom is -0.460 e. The highest BCUT2D eigenvalue weighted by molar-refractivity contribution is 5.79. The van der Waals surface area contributed by atoms with E-state index in [-0.39, 0.29) is 26.1 Å². The van der Waals surface area contributed by atoms with Crippen LogP contribution in [0.1, 0.15) is 6.42 Å². The van der Waals surface area contributed by atoms with Crippen LogP contribution in [0.5, 0.6) is 0 Å². The molecule has 1 atom stereocenters. The average Bonchev–Trinajstić information content (AvgIpc) is 2.33. The third-order valence-corrected chi connectivity index (χ3v) is 1.99. The van der Waals surface area contributed by atoms with Crippen molar-refractivity contribution in [2.24, 2.45) is 0 Å². The molecule has 0 aromatic rings. The monoisotopic (exact) mass is 241 g/mol. The standard InChI is InChI=1S/C11H15NO5/c1-2-9-17-11(16)10(3-6-13)12(4-7-14)5-8-15/h2,6-8,10H,1,3-5,9H2. The van der Waals surface area contributed by atoms with Crippen LogP contribution in [-0.2, 0) is 23.9 Å². The Morgan fingerprint density at radius 2 is 1.76 bits per heavy atom. The maximum absolute atomic E-state index is 11.6. The maximum Gasteiger partial charge on any atom is 0.324 e. The van der Waals surface area contributed by atoms with Crippen LogP contribution < -0.4 is 0 Å². The van der Waals surface area contributed by atoms with Gasteiger partial charge in [-0.3, -0.25) is 9.69 Å². The molecule has 1 unspecified atom stereocenters. The van der Waals surface area contributed by atoms with Gasteiger partial charge in [0.25, 0.3) is 0 Å². The number of nitrogens with zero attached hydrogens (tertiary/aromatic N) is 1. The molecule has 0 N–H and O–H groups in total. The molecule has 0 saturated carbocycles. The van der Waals surface area contributed by atoms with Crippen LogP contribution in [0.2, 0.25) is 0 Å². The fourth-order valence-electron chi connectivity index (χ4n) is 1.24. The van der Waals surface area contributed by atoms with Gasteiger partial charge in [0, 0.05) is 6.42 Å². The fraction of sp³-hybridized carbons (Fsp3) is 0.455. The molecule has 0 spiro atoms. The summed E-state index contributed by atoms with van der Waals surface area (Å²) in [6.45, 7) is 3.18. The van der Waals surface area contributed by atoms with Gasteiger partial charge < -0.3 is 19.1 Å². The van der Waals surface area contributed by atoms with Crippen LogP contribution in [0, 0.1) is 0 Å². The second kappa shape index (κ2) is 9.41. The molecule has 94 valence electrons. The Labute approximate surface area is 99.2 Å². The lowest BCUT2D eigenvalue weighted by atomic mass is 10.2. The first-order valence-corrected chi connectivity index (χ1v) is 5.03. The Balaban J connectivity index is 4.67. The summed E-state index contributed by atoms with van der Waals surface area (Å²) in [5.74, 6) is -0.652. The first kappa shape index (κ1) is 15.2. The highest BCUT2D eigenvalue weighted by Gasteiger charge is 2.26. The molecule has 0 aliphatic heterocycles. The summed E-state index contributed by atoms with van der Waals surface area (Å²) in [4.78, 5) is 44.2. The van der Waals surface area contributed by atoms with Crippen LogP contribution in [0.4, 0.5) is 0 Å². The molecule has 0 aliphatic carbocycles. The summed E-state index contributed by atoms with van der Waals surface area (Å²) in [5.41, 5.74) is 0. The number of carbonyl (C=O) groups is 4. The topological polar surface area (TPSA) is 80.8 Å². The first-order valence-electron chi connectivity index (χ1n) is 5.03. The van der Waals surface area contributed by atoms with E-state index in [1.807, 2.05) is 0 Å². The van der Waals surface area contributed by atoms with Crippen LogP contribution in [0.15, 0.2) is 12.7 Å². The van der Waals surface area contributed by atoms with E-state index < -0.39 is 12.0 Å². The summed E-state index contributed by atoms with van der Waals surface area (Å²) in [5, 5.41) is 0. The van der Waals surface area contributed by atoms with Crippen molar-refractivity contribution in [1.29, 1.82) is 0 Å². The van der Waals surface area contributed by atoms with Crippen molar-refractivity contribution < 1.29 is 23.9 Å². The third kappa shape index (κ3) is 5.72. The number of hydrogen-bond donors (Lipinski definition) is 0. The van der Waals surface area contributed by atoms with Crippen LogP contribution in [-0.4, -0.2) is 55.5 Å². The molecule has 0 rings (SSSR count). The quantitative estimate of drug-likeness (QED) is 0.288. The molecule has 0 bridgehead atoms. The summed E-state index contributed by atoms with van der Waals surface area (Å²) in [6, 6.07) is -0.914. The summed E-state index contributed by atoms with van der Waals surface area (Å²) >= 11 is 0. The molecule has 0 amide bonds. The van der Waals surface area contributed by atoms with Crippen molar-refractivity contribution in [3.8, 4) is 0 Å². The smallest absolute Gasteiger partial charge is 0.324 e. The molecule has 0 aliphatic rings. The minimum absolute atomic E-state index is 0.0181. The lowest BCUT2D eigenvalue weighted by molar-refractivity contribution is -0.150. The molecule has 0 heterocycles. The number of aldehydes is 3. The Bertz CT molecular complexity index is 280. The van der Waals surface area contributed by atoms with E-state index in [4.69, 9.17) is 4.74 Å². The molecular weight excluding hydrogens is 226 g/mol. The highest BCUT2D eigenvalue weighted by atomic mass is 16.5. The van der Waals surface area contributed by atoms with Gasteiger partial charge in [-0.25, -0.2) is 0 Å². The van der Waals surface area contributed by atoms with E-state index in [0.717, 1.165) is 0 Å². The Hall–Kier alpha value is -1.82. The fourth-order valence-corrected chi connectivity index (χ4v) is 1.24. The van der Waals surface area contributed by atoms with Gasteiger partial charge in [-0.2, -0.15) is 0 Å². The average molecular weight is 241 g/mol. The van der Waals surface area contributed by atoms with Gasteiger partial charge >= 0.3 is 5.97 Å². The van der Waals surface area contributed by atoms with Crippen molar-refractivity contribution in [3.63, 3.8) is 0 Å². The molecular formula is C11H15NO5. The van der Waals surface area contributed by atoms with E-state index in [1.165, 1.54) is 11.0 Å². The normalized spacial score (nSPS) is 11.6. The molecule has 0 aromatic heterocycles. The van der Waals surface area contributed by atoms with E-state index in [2.05, 4.69) is 6.58 Å². The van der Waals surface area contributed by atoms with Crippen molar-refractivity contribution in [1.82, 2.24) is 4.90 Å². The number of rotatable bonds is 10. The predicted octanol–water partition coefficient (Wildman–Crippen LogP) is -0.627. The Kier molecular flexibility index (Phi) is 8.40. The zero-order chi connectivity index (χ0) is 13.1. The van der Waals surface area contributed by atoms with Crippen LogP contribution in [0.3, 0.4) is 0 Å². The van der Waals surface area contributed by atoms with Crippen molar-refractivity contribution >= 4 is 24.8 Å².